The SMILES string of the molecule is Cc1ccsc1C1(C2CC2)CCCCCN1. The van der Waals surface area contributed by atoms with Gasteiger partial charge >= 0.3 is 0 Å². The van der Waals surface area contributed by atoms with Gasteiger partial charge < -0.3 is 5.32 Å². The van der Waals surface area contributed by atoms with Crippen molar-refractivity contribution in [2.45, 2.75) is 51.0 Å². The van der Waals surface area contributed by atoms with Crippen molar-refractivity contribution in [1.29, 1.82) is 0 Å². The summed E-state index contributed by atoms with van der Waals surface area (Å²) in [5.41, 5.74) is 1.86. The van der Waals surface area contributed by atoms with Crippen LogP contribution < -0.4 is 5.32 Å². The number of hydrogen-bond donors (Lipinski definition) is 1. The molecular weight excluding hydrogens is 214 g/mol. The molecule has 88 valence electrons. The molecule has 0 amide bonds. The van der Waals surface area contributed by atoms with Crippen molar-refractivity contribution >= 4 is 11.3 Å². The molecule has 1 nitrogen and oxygen atoms in total. The molecule has 1 aliphatic carbocycles. The van der Waals surface area contributed by atoms with Gasteiger partial charge in [-0.2, -0.15) is 0 Å². The number of nitrogens with one attached hydrogen (secondary N) is 1. The van der Waals surface area contributed by atoms with E-state index in [9.17, 15) is 0 Å². The summed E-state index contributed by atoms with van der Waals surface area (Å²) in [6.45, 7) is 3.50. The minimum absolute atomic E-state index is 0.356. The lowest BCUT2D eigenvalue weighted by molar-refractivity contribution is 0.284. The third-order valence-corrected chi connectivity index (χ3v) is 5.42. The van der Waals surface area contributed by atoms with Crippen molar-refractivity contribution in [3.63, 3.8) is 0 Å². The number of hydrogen-bond acceptors (Lipinski definition) is 2. The van der Waals surface area contributed by atoms with Gasteiger partial charge in [0.25, 0.3) is 0 Å². The van der Waals surface area contributed by atoms with Crippen LogP contribution in [0.3, 0.4) is 0 Å². The quantitative estimate of drug-likeness (QED) is 0.821. The zero-order chi connectivity index (χ0) is 11.0. The third kappa shape index (κ3) is 1.72. The highest BCUT2D eigenvalue weighted by molar-refractivity contribution is 7.10. The van der Waals surface area contributed by atoms with Crippen LogP contribution >= 0.6 is 11.3 Å². The van der Waals surface area contributed by atoms with E-state index in [4.69, 9.17) is 0 Å². The predicted octanol–water partition coefficient (Wildman–Crippen LogP) is 3.83. The Morgan fingerprint density at radius 1 is 1.31 bits per heavy atom. The van der Waals surface area contributed by atoms with Gasteiger partial charge in [0.15, 0.2) is 0 Å². The van der Waals surface area contributed by atoms with Crippen molar-refractivity contribution in [2.24, 2.45) is 5.92 Å². The maximum atomic E-state index is 3.91. The van der Waals surface area contributed by atoms with Crippen molar-refractivity contribution in [2.75, 3.05) is 6.54 Å². The normalized spacial score (nSPS) is 31.3. The Morgan fingerprint density at radius 3 is 2.88 bits per heavy atom. The molecule has 2 aliphatic rings. The Balaban J connectivity index is 1.98. The van der Waals surface area contributed by atoms with Gasteiger partial charge in [0.2, 0.25) is 0 Å². The van der Waals surface area contributed by atoms with Gasteiger partial charge in [-0.1, -0.05) is 12.8 Å². The first kappa shape index (κ1) is 10.8. The molecule has 0 aromatic carbocycles. The maximum absolute atomic E-state index is 3.91. The van der Waals surface area contributed by atoms with Crippen molar-refractivity contribution in [3.05, 3.63) is 21.9 Å². The average Bonchev–Trinajstić information content (AvgIpc) is 3.07. The highest BCUT2D eigenvalue weighted by atomic mass is 32.1. The number of aryl methyl sites for hydroxylation is 1. The van der Waals surface area contributed by atoms with Crippen LogP contribution in [0.15, 0.2) is 11.4 Å². The van der Waals surface area contributed by atoms with Crippen LogP contribution in [0.25, 0.3) is 0 Å². The van der Waals surface area contributed by atoms with E-state index in [0.717, 1.165) is 5.92 Å². The summed E-state index contributed by atoms with van der Waals surface area (Å²) < 4.78 is 0. The van der Waals surface area contributed by atoms with E-state index >= 15 is 0 Å². The molecule has 0 spiro atoms. The zero-order valence-corrected chi connectivity index (χ0v) is 10.9. The highest BCUT2D eigenvalue weighted by Crippen LogP contribution is 2.51. The fourth-order valence-electron chi connectivity index (χ4n) is 3.24. The van der Waals surface area contributed by atoms with Gasteiger partial charge in [0, 0.05) is 4.88 Å². The highest BCUT2D eigenvalue weighted by Gasteiger charge is 2.47. The van der Waals surface area contributed by atoms with E-state index in [1.165, 1.54) is 50.6 Å². The molecule has 0 radical (unpaired) electrons. The molecule has 1 aliphatic heterocycles. The summed E-state index contributed by atoms with van der Waals surface area (Å²) in [4.78, 5) is 1.64. The first-order chi connectivity index (χ1) is 7.83. The van der Waals surface area contributed by atoms with Crippen LogP contribution in [0, 0.1) is 12.8 Å². The lowest BCUT2D eigenvalue weighted by Gasteiger charge is -2.34. The summed E-state index contributed by atoms with van der Waals surface area (Å²) in [5, 5.41) is 6.18. The lowest BCUT2D eigenvalue weighted by atomic mass is 9.85. The molecule has 1 aromatic heterocycles. The molecule has 1 N–H and O–H groups in total. The van der Waals surface area contributed by atoms with E-state index in [0.29, 0.717) is 5.54 Å². The molecule has 2 fully saturated rings. The average molecular weight is 235 g/mol. The van der Waals surface area contributed by atoms with E-state index in [2.05, 4.69) is 23.7 Å². The monoisotopic (exact) mass is 235 g/mol. The molecule has 1 saturated carbocycles. The van der Waals surface area contributed by atoms with Crippen molar-refractivity contribution < 1.29 is 0 Å². The summed E-state index contributed by atoms with van der Waals surface area (Å²) in [7, 11) is 0. The number of thiophene rings is 1. The molecule has 3 rings (SSSR count). The minimum atomic E-state index is 0.356. The molecular formula is C14H21NS. The second-order valence-corrected chi connectivity index (χ2v) is 6.33. The fourth-order valence-corrected chi connectivity index (χ4v) is 4.45. The van der Waals surface area contributed by atoms with Crippen LogP contribution in [0.1, 0.15) is 49.0 Å². The predicted molar refractivity (Wildman–Crippen MR) is 69.9 cm³/mol. The van der Waals surface area contributed by atoms with Gasteiger partial charge in [-0.3, -0.25) is 0 Å². The summed E-state index contributed by atoms with van der Waals surface area (Å²) >= 11 is 1.97. The summed E-state index contributed by atoms with van der Waals surface area (Å²) in [6.07, 6.45) is 8.40. The van der Waals surface area contributed by atoms with Gasteiger partial charge in [0.1, 0.15) is 0 Å². The third-order valence-electron chi connectivity index (χ3n) is 4.23. The Bertz CT molecular complexity index is 357. The number of rotatable bonds is 2. The van der Waals surface area contributed by atoms with Crippen LogP contribution in [-0.2, 0) is 5.54 Å². The molecule has 1 unspecified atom stereocenters. The first-order valence-electron chi connectivity index (χ1n) is 6.62. The standard InChI is InChI=1S/C14H21NS/c1-11-7-10-16-13(11)14(12-5-6-12)8-3-2-4-9-15-14/h7,10,12,15H,2-6,8-9H2,1H3. The van der Waals surface area contributed by atoms with E-state index < -0.39 is 0 Å². The Labute approximate surface area is 102 Å². The van der Waals surface area contributed by atoms with Gasteiger partial charge in [-0.25, -0.2) is 0 Å². The topological polar surface area (TPSA) is 12.0 Å². The molecule has 16 heavy (non-hydrogen) atoms. The van der Waals surface area contributed by atoms with Gasteiger partial charge in [-0.15, -0.1) is 11.3 Å². The van der Waals surface area contributed by atoms with Gasteiger partial charge in [0.05, 0.1) is 5.54 Å². The molecule has 1 saturated heterocycles. The van der Waals surface area contributed by atoms with E-state index in [-0.39, 0.29) is 0 Å². The minimum Gasteiger partial charge on any atom is -0.306 e. The Kier molecular flexibility index (Phi) is 2.80. The lowest BCUT2D eigenvalue weighted by Crippen LogP contribution is -2.43. The summed E-state index contributed by atoms with van der Waals surface area (Å²) in [6, 6.07) is 2.29. The van der Waals surface area contributed by atoms with Crippen molar-refractivity contribution in [1.82, 2.24) is 5.32 Å². The Hall–Kier alpha value is -0.340. The zero-order valence-electron chi connectivity index (χ0n) is 10.1. The van der Waals surface area contributed by atoms with Crippen LogP contribution in [-0.4, -0.2) is 6.54 Å². The van der Waals surface area contributed by atoms with Crippen LogP contribution in [0.2, 0.25) is 0 Å². The maximum Gasteiger partial charge on any atom is 0.0559 e. The molecule has 2 heterocycles. The van der Waals surface area contributed by atoms with E-state index in [1.807, 2.05) is 11.3 Å². The first-order valence-corrected chi connectivity index (χ1v) is 7.50. The van der Waals surface area contributed by atoms with Crippen LogP contribution in [0.4, 0.5) is 0 Å². The molecule has 1 atom stereocenters. The smallest absolute Gasteiger partial charge is 0.0559 e. The van der Waals surface area contributed by atoms with Crippen molar-refractivity contribution in [3.8, 4) is 0 Å². The Morgan fingerprint density at radius 2 is 2.19 bits per heavy atom. The summed E-state index contributed by atoms with van der Waals surface area (Å²) in [5.74, 6) is 0.919. The molecule has 1 aromatic rings. The fraction of sp³-hybridized carbons (Fsp3) is 0.714. The van der Waals surface area contributed by atoms with E-state index in [1.54, 1.807) is 4.88 Å². The molecule has 0 bridgehead atoms. The largest absolute Gasteiger partial charge is 0.306 e. The second kappa shape index (κ2) is 4.15. The molecule has 2 heteroatoms. The van der Waals surface area contributed by atoms with Crippen LogP contribution in [0.5, 0.6) is 0 Å². The van der Waals surface area contributed by atoms with Gasteiger partial charge in [-0.05, 0) is 62.1 Å². The second-order valence-electron chi connectivity index (χ2n) is 5.42.